The minimum atomic E-state index is 0.351. The van der Waals surface area contributed by atoms with E-state index in [9.17, 15) is 0 Å². The molecule has 1 aliphatic carbocycles. The number of likely N-dealkylation sites (N-methyl/N-ethyl adjacent to an activating group) is 2. The fourth-order valence-corrected chi connectivity index (χ4v) is 4.61. The molecule has 20 heavy (non-hydrogen) atoms. The SMILES string of the molecule is CCNC(Cc1cncs1)C1(N(CC)CC)CCCC1. The molecule has 0 amide bonds. The maximum atomic E-state index is 4.25. The standard InChI is InChI=1S/C16H29N3S/c1-4-18-15(11-14-12-17-13-20-14)16(9-7-8-10-16)19(5-2)6-3/h12-13,15,18H,4-11H2,1-3H3. The van der Waals surface area contributed by atoms with E-state index in [1.54, 1.807) is 11.3 Å². The molecule has 1 atom stereocenters. The summed E-state index contributed by atoms with van der Waals surface area (Å²) in [5, 5.41) is 3.79. The van der Waals surface area contributed by atoms with Gasteiger partial charge in [0.15, 0.2) is 0 Å². The van der Waals surface area contributed by atoms with Crippen LogP contribution in [-0.4, -0.2) is 41.1 Å². The van der Waals surface area contributed by atoms with Crippen LogP contribution >= 0.6 is 11.3 Å². The summed E-state index contributed by atoms with van der Waals surface area (Å²) < 4.78 is 0. The van der Waals surface area contributed by atoms with Crippen molar-refractivity contribution in [2.75, 3.05) is 19.6 Å². The zero-order chi connectivity index (χ0) is 14.4. The van der Waals surface area contributed by atoms with Crippen LogP contribution in [0.5, 0.6) is 0 Å². The molecule has 0 aromatic carbocycles. The van der Waals surface area contributed by atoms with Gasteiger partial charge in [-0.3, -0.25) is 9.88 Å². The normalized spacial score (nSPS) is 19.6. The third-order valence-corrected chi connectivity index (χ3v) is 5.65. The number of aromatic nitrogens is 1. The Morgan fingerprint density at radius 1 is 1.30 bits per heavy atom. The molecule has 1 N–H and O–H groups in total. The van der Waals surface area contributed by atoms with Gasteiger partial charge < -0.3 is 5.32 Å². The molecule has 0 spiro atoms. The van der Waals surface area contributed by atoms with Crippen LogP contribution in [0.3, 0.4) is 0 Å². The van der Waals surface area contributed by atoms with Gasteiger partial charge in [0, 0.05) is 29.1 Å². The van der Waals surface area contributed by atoms with E-state index in [4.69, 9.17) is 0 Å². The summed E-state index contributed by atoms with van der Waals surface area (Å²) in [4.78, 5) is 8.36. The fourth-order valence-electron chi connectivity index (χ4n) is 3.97. The summed E-state index contributed by atoms with van der Waals surface area (Å²) in [6, 6.07) is 0.551. The lowest BCUT2D eigenvalue weighted by Crippen LogP contribution is -2.60. The summed E-state index contributed by atoms with van der Waals surface area (Å²) in [7, 11) is 0. The molecule has 1 aromatic heterocycles. The monoisotopic (exact) mass is 295 g/mol. The minimum Gasteiger partial charge on any atom is -0.312 e. The van der Waals surface area contributed by atoms with Gasteiger partial charge in [0.1, 0.15) is 0 Å². The van der Waals surface area contributed by atoms with Crippen LogP contribution < -0.4 is 5.32 Å². The van der Waals surface area contributed by atoms with Gasteiger partial charge in [-0.05, 0) is 32.5 Å². The van der Waals surface area contributed by atoms with Crippen LogP contribution in [0.15, 0.2) is 11.7 Å². The number of nitrogens with zero attached hydrogens (tertiary/aromatic N) is 2. The number of thiazole rings is 1. The molecule has 1 fully saturated rings. The lowest BCUT2D eigenvalue weighted by atomic mass is 9.83. The molecule has 114 valence electrons. The second-order valence-electron chi connectivity index (χ2n) is 5.77. The Hall–Kier alpha value is -0.450. The lowest BCUT2D eigenvalue weighted by Gasteiger charge is -2.46. The van der Waals surface area contributed by atoms with Gasteiger partial charge in [0.25, 0.3) is 0 Å². The topological polar surface area (TPSA) is 28.2 Å². The van der Waals surface area contributed by atoms with Gasteiger partial charge in [0.2, 0.25) is 0 Å². The van der Waals surface area contributed by atoms with Crippen molar-refractivity contribution in [1.29, 1.82) is 0 Å². The van der Waals surface area contributed by atoms with Crippen LogP contribution in [0, 0.1) is 0 Å². The Morgan fingerprint density at radius 2 is 2.00 bits per heavy atom. The largest absolute Gasteiger partial charge is 0.312 e. The van der Waals surface area contributed by atoms with Gasteiger partial charge in [-0.1, -0.05) is 33.6 Å². The van der Waals surface area contributed by atoms with E-state index in [1.165, 1.54) is 30.6 Å². The van der Waals surface area contributed by atoms with E-state index in [2.05, 4.69) is 36.0 Å². The predicted octanol–water partition coefficient (Wildman–Crippen LogP) is 3.32. The minimum absolute atomic E-state index is 0.351. The highest BCUT2D eigenvalue weighted by Crippen LogP contribution is 2.39. The second-order valence-corrected chi connectivity index (χ2v) is 6.74. The molecule has 1 unspecified atom stereocenters. The molecule has 1 saturated carbocycles. The van der Waals surface area contributed by atoms with Crippen molar-refractivity contribution < 1.29 is 0 Å². The van der Waals surface area contributed by atoms with E-state index in [1.807, 2.05) is 11.7 Å². The molecule has 2 rings (SSSR count). The molecule has 1 heterocycles. The maximum absolute atomic E-state index is 4.25. The molecule has 4 heteroatoms. The van der Waals surface area contributed by atoms with Gasteiger partial charge in [0.05, 0.1) is 5.51 Å². The third kappa shape index (κ3) is 3.23. The summed E-state index contributed by atoms with van der Waals surface area (Å²) in [5.41, 5.74) is 2.31. The summed E-state index contributed by atoms with van der Waals surface area (Å²) >= 11 is 1.79. The maximum Gasteiger partial charge on any atom is 0.0794 e. The van der Waals surface area contributed by atoms with Crippen LogP contribution in [-0.2, 0) is 6.42 Å². The van der Waals surface area contributed by atoms with E-state index < -0.39 is 0 Å². The first-order valence-electron chi connectivity index (χ1n) is 8.12. The first-order valence-corrected chi connectivity index (χ1v) is 9.00. The Balaban J connectivity index is 2.22. The Bertz CT molecular complexity index is 367. The van der Waals surface area contributed by atoms with Crippen molar-refractivity contribution in [2.45, 2.75) is 64.5 Å². The molecule has 0 saturated heterocycles. The molecular weight excluding hydrogens is 266 g/mol. The van der Waals surface area contributed by atoms with Crippen molar-refractivity contribution in [2.24, 2.45) is 0 Å². The van der Waals surface area contributed by atoms with Crippen molar-refractivity contribution >= 4 is 11.3 Å². The highest BCUT2D eigenvalue weighted by atomic mass is 32.1. The molecule has 1 aromatic rings. The average Bonchev–Trinajstić information content (AvgIpc) is 3.11. The van der Waals surface area contributed by atoms with Gasteiger partial charge in [-0.15, -0.1) is 11.3 Å². The van der Waals surface area contributed by atoms with Crippen LogP contribution in [0.1, 0.15) is 51.3 Å². The average molecular weight is 295 g/mol. The quantitative estimate of drug-likeness (QED) is 0.797. The van der Waals surface area contributed by atoms with Gasteiger partial charge in [-0.25, -0.2) is 0 Å². The highest BCUT2D eigenvalue weighted by Gasteiger charge is 2.44. The summed E-state index contributed by atoms with van der Waals surface area (Å²) in [6.07, 6.45) is 8.59. The van der Waals surface area contributed by atoms with Crippen LogP contribution in [0.2, 0.25) is 0 Å². The Labute approximate surface area is 127 Å². The second kappa shape index (κ2) is 7.53. The molecule has 0 aliphatic heterocycles. The number of rotatable bonds is 8. The van der Waals surface area contributed by atoms with Crippen molar-refractivity contribution in [3.05, 3.63) is 16.6 Å². The zero-order valence-electron chi connectivity index (χ0n) is 13.2. The van der Waals surface area contributed by atoms with Gasteiger partial charge in [-0.2, -0.15) is 0 Å². The molecule has 0 bridgehead atoms. The Morgan fingerprint density at radius 3 is 2.50 bits per heavy atom. The summed E-state index contributed by atoms with van der Waals surface area (Å²) in [5.74, 6) is 0. The molecule has 0 radical (unpaired) electrons. The number of hydrogen-bond donors (Lipinski definition) is 1. The van der Waals surface area contributed by atoms with Gasteiger partial charge >= 0.3 is 0 Å². The molecular formula is C16H29N3S. The predicted molar refractivity (Wildman–Crippen MR) is 87.4 cm³/mol. The first-order chi connectivity index (χ1) is 9.76. The van der Waals surface area contributed by atoms with E-state index in [-0.39, 0.29) is 0 Å². The Kier molecular flexibility index (Phi) is 6.00. The zero-order valence-corrected chi connectivity index (χ0v) is 14.0. The van der Waals surface area contributed by atoms with E-state index in [0.717, 1.165) is 26.1 Å². The smallest absolute Gasteiger partial charge is 0.0794 e. The van der Waals surface area contributed by atoms with Crippen molar-refractivity contribution in [3.8, 4) is 0 Å². The van der Waals surface area contributed by atoms with Crippen molar-refractivity contribution in [1.82, 2.24) is 15.2 Å². The fraction of sp³-hybridized carbons (Fsp3) is 0.812. The van der Waals surface area contributed by atoms with Crippen LogP contribution in [0.4, 0.5) is 0 Å². The molecule has 3 nitrogen and oxygen atoms in total. The highest BCUT2D eigenvalue weighted by molar-refractivity contribution is 7.09. The number of nitrogens with one attached hydrogen (secondary N) is 1. The molecule has 1 aliphatic rings. The van der Waals surface area contributed by atoms with E-state index in [0.29, 0.717) is 11.6 Å². The summed E-state index contributed by atoms with van der Waals surface area (Å²) in [6.45, 7) is 10.2. The number of hydrogen-bond acceptors (Lipinski definition) is 4. The first kappa shape index (κ1) is 15.9. The third-order valence-electron chi connectivity index (χ3n) is 4.85. The van der Waals surface area contributed by atoms with Crippen molar-refractivity contribution in [3.63, 3.8) is 0 Å². The lowest BCUT2D eigenvalue weighted by molar-refractivity contribution is 0.0638. The van der Waals surface area contributed by atoms with Crippen LogP contribution in [0.25, 0.3) is 0 Å². The van der Waals surface area contributed by atoms with E-state index >= 15 is 0 Å².